The molecule has 0 saturated carbocycles. The molecule has 1 N–H and O–H groups in total. The Labute approximate surface area is 109 Å². The van der Waals surface area contributed by atoms with Crippen LogP contribution in [0, 0.1) is 0 Å². The van der Waals surface area contributed by atoms with Crippen molar-refractivity contribution in [3.05, 3.63) is 36.7 Å². The summed E-state index contributed by atoms with van der Waals surface area (Å²) in [6.45, 7) is 4.50. The topological polar surface area (TPSA) is 24.9 Å². The van der Waals surface area contributed by atoms with Gasteiger partial charge in [-0.1, -0.05) is 38.3 Å². The van der Waals surface area contributed by atoms with Crippen LogP contribution in [0.3, 0.4) is 0 Å². The van der Waals surface area contributed by atoms with Gasteiger partial charge in [0.1, 0.15) is 0 Å². The lowest BCUT2D eigenvalue weighted by Gasteiger charge is -2.16. The lowest BCUT2D eigenvalue weighted by atomic mass is 10.1. The van der Waals surface area contributed by atoms with Crippen molar-refractivity contribution in [1.82, 2.24) is 4.98 Å². The number of aromatic nitrogens is 1. The van der Waals surface area contributed by atoms with Gasteiger partial charge in [0.15, 0.2) is 0 Å². The zero-order chi connectivity index (χ0) is 12.8. The molecule has 0 aliphatic carbocycles. The molecule has 0 spiro atoms. The number of hydrogen-bond donors (Lipinski definition) is 1. The lowest BCUT2D eigenvalue weighted by Crippen LogP contribution is -2.15. The van der Waals surface area contributed by atoms with Crippen LogP contribution < -0.4 is 5.32 Å². The summed E-state index contributed by atoms with van der Waals surface area (Å²) in [7, 11) is 0. The minimum absolute atomic E-state index is 0.516. The Morgan fingerprint density at radius 1 is 1.22 bits per heavy atom. The highest BCUT2D eigenvalue weighted by Crippen LogP contribution is 2.23. The average molecular weight is 242 g/mol. The first-order valence-corrected chi connectivity index (χ1v) is 6.90. The van der Waals surface area contributed by atoms with Crippen LogP contribution in [0.25, 0.3) is 10.8 Å². The largest absolute Gasteiger partial charge is 0.382 e. The molecule has 0 bridgehead atoms. The van der Waals surface area contributed by atoms with Gasteiger partial charge in [-0.25, -0.2) is 0 Å². The van der Waals surface area contributed by atoms with E-state index in [-0.39, 0.29) is 0 Å². The molecule has 0 amide bonds. The monoisotopic (exact) mass is 242 g/mol. The third-order valence-corrected chi connectivity index (χ3v) is 3.33. The number of nitrogens with zero attached hydrogens (tertiary/aromatic N) is 1. The van der Waals surface area contributed by atoms with Gasteiger partial charge in [0, 0.05) is 29.5 Å². The Balaban J connectivity index is 2.07. The minimum Gasteiger partial charge on any atom is -0.382 e. The molecule has 1 atom stereocenters. The quantitative estimate of drug-likeness (QED) is 0.748. The number of nitrogens with one attached hydrogen (secondary N) is 1. The number of unbranched alkanes of at least 4 members (excludes halogenated alkanes) is 2. The first-order chi connectivity index (χ1) is 8.81. The second kappa shape index (κ2) is 6.39. The van der Waals surface area contributed by atoms with Crippen LogP contribution in [0.4, 0.5) is 5.69 Å². The summed E-state index contributed by atoms with van der Waals surface area (Å²) in [4.78, 5) is 4.22. The predicted octanol–water partition coefficient (Wildman–Crippen LogP) is 4.62. The van der Waals surface area contributed by atoms with Crippen LogP contribution in [0.5, 0.6) is 0 Å². The molecule has 0 aliphatic rings. The second-order valence-electron chi connectivity index (χ2n) is 4.94. The van der Waals surface area contributed by atoms with Crippen molar-refractivity contribution in [2.24, 2.45) is 0 Å². The average Bonchev–Trinajstić information content (AvgIpc) is 2.39. The van der Waals surface area contributed by atoms with Gasteiger partial charge in [-0.3, -0.25) is 4.98 Å². The maximum absolute atomic E-state index is 4.22. The highest BCUT2D eigenvalue weighted by molar-refractivity contribution is 5.93. The highest BCUT2D eigenvalue weighted by atomic mass is 14.9. The van der Waals surface area contributed by atoms with Gasteiger partial charge in [0.2, 0.25) is 0 Å². The van der Waals surface area contributed by atoms with Crippen molar-refractivity contribution in [3.63, 3.8) is 0 Å². The van der Waals surface area contributed by atoms with Crippen LogP contribution in [0.15, 0.2) is 36.7 Å². The zero-order valence-corrected chi connectivity index (χ0v) is 11.3. The van der Waals surface area contributed by atoms with E-state index in [0.717, 1.165) is 0 Å². The number of anilines is 1. The fourth-order valence-electron chi connectivity index (χ4n) is 2.28. The summed E-state index contributed by atoms with van der Waals surface area (Å²) in [5, 5.41) is 6.06. The minimum atomic E-state index is 0.516. The van der Waals surface area contributed by atoms with E-state index in [9.17, 15) is 0 Å². The van der Waals surface area contributed by atoms with Crippen molar-refractivity contribution in [2.45, 2.75) is 45.6 Å². The van der Waals surface area contributed by atoms with Crippen molar-refractivity contribution >= 4 is 16.5 Å². The van der Waals surface area contributed by atoms with Crippen molar-refractivity contribution in [2.75, 3.05) is 5.32 Å². The maximum atomic E-state index is 4.22. The van der Waals surface area contributed by atoms with Gasteiger partial charge < -0.3 is 5.32 Å². The van der Waals surface area contributed by atoms with Crippen molar-refractivity contribution in [1.29, 1.82) is 0 Å². The molecule has 1 unspecified atom stereocenters. The summed E-state index contributed by atoms with van der Waals surface area (Å²) in [5.41, 5.74) is 1.20. The van der Waals surface area contributed by atoms with Gasteiger partial charge >= 0.3 is 0 Å². The first-order valence-electron chi connectivity index (χ1n) is 6.90. The SMILES string of the molecule is CCCCCC(C)Nc1cccc2ccncc12. The molecular formula is C16H22N2. The molecule has 2 rings (SSSR count). The van der Waals surface area contributed by atoms with Crippen LogP contribution in [0.2, 0.25) is 0 Å². The van der Waals surface area contributed by atoms with Crippen LogP contribution in [-0.2, 0) is 0 Å². The highest BCUT2D eigenvalue weighted by Gasteiger charge is 2.04. The molecule has 18 heavy (non-hydrogen) atoms. The molecule has 2 heteroatoms. The molecule has 0 radical (unpaired) electrons. The standard InChI is InChI=1S/C16H22N2/c1-3-4-5-7-13(2)18-16-9-6-8-14-10-11-17-12-15(14)16/h6,8-13,18H,3-5,7H2,1-2H3. The van der Waals surface area contributed by atoms with E-state index in [2.05, 4.69) is 48.4 Å². The molecule has 1 aromatic carbocycles. The lowest BCUT2D eigenvalue weighted by molar-refractivity contribution is 0.615. The Morgan fingerprint density at radius 3 is 2.94 bits per heavy atom. The van der Waals surface area contributed by atoms with E-state index in [1.54, 1.807) is 0 Å². The van der Waals surface area contributed by atoms with E-state index >= 15 is 0 Å². The fourth-order valence-corrected chi connectivity index (χ4v) is 2.28. The predicted molar refractivity (Wildman–Crippen MR) is 79.0 cm³/mol. The zero-order valence-electron chi connectivity index (χ0n) is 11.3. The molecule has 0 fully saturated rings. The number of pyridine rings is 1. The molecule has 0 saturated heterocycles. The Kier molecular flexibility index (Phi) is 4.57. The normalized spacial score (nSPS) is 12.6. The third-order valence-electron chi connectivity index (χ3n) is 3.33. The van der Waals surface area contributed by atoms with E-state index in [1.165, 1.54) is 42.1 Å². The Hall–Kier alpha value is -1.57. The summed E-state index contributed by atoms with van der Waals surface area (Å²) in [6.07, 6.45) is 8.92. The van der Waals surface area contributed by atoms with E-state index in [0.29, 0.717) is 6.04 Å². The summed E-state index contributed by atoms with van der Waals surface area (Å²) < 4.78 is 0. The Morgan fingerprint density at radius 2 is 2.11 bits per heavy atom. The van der Waals surface area contributed by atoms with Crippen molar-refractivity contribution in [3.8, 4) is 0 Å². The van der Waals surface area contributed by atoms with Gasteiger partial charge in [-0.05, 0) is 30.9 Å². The first kappa shape index (κ1) is 12.9. The van der Waals surface area contributed by atoms with Crippen LogP contribution >= 0.6 is 0 Å². The smallest absolute Gasteiger partial charge is 0.0437 e. The number of benzene rings is 1. The summed E-state index contributed by atoms with van der Waals surface area (Å²) in [6, 6.07) is 8.94. The van der Waals surface area contributed by atoms with Crippen LogP contribution in [-0.4, -0.2) is 11.0 Å². The molecule has 96 valence electrons. The van der Waals surface area contributed by atoms with Gasteiger partial charge in [-0.15, -0.1) is 0 Å². The van der Waals surface area contributed by atoms with Gasteiger partial charge in [0.05, 0.1) is 0 Å². The number of rotatable bonds is 6. The number of hydrogen-bond acceptors (Lipinski definition) is 2. The second-order valence-corrected chi connectivity index (χ2v) is 4.94. The third kappa shape index (κ3) is 3.22. The van der Waals surface area contributed by atoms with E-state index in [1.807, 2.05) is 12.4 Å². The van der Waals surface area contributed by atoms with Crippen molar-refractivity contribution < 1.29 is 0 Å². The molecule has 1 heterocycles. The molecule has 2 aromatic rings. The van der Waals surface area contributed by atoms with Gasteiger partial charge in [-0.2, -0.15) is 0 Å². The maximum Gasteiger partial charge on any atom is 0.0437 e. The fraction of sp³-hybridized carbons (Fsp3) is 0.438. The van der Waals surface area contributed by atoms with Crippen LogP contribution in [0.1, 0.15) is 39.5 Å². The van der Waals surface area contributed by atoms with E-state index < -0.39 is 0 Å². The number of fused-ring (bicyclic) bond motifs is 1. The summed E-state index contributed by atoms with van der Waals surface area (Å²) in [5.74, 6) is 0. The van der Waals surface area contributed by atoms with Gasteiger partial charge in [0.25, 0.3) is 0 Å². The molecule has 2 nitrogen and oxygen atoms in total. The van der Waals surface area contributed by atoms with E-state index in [4.69, 9.17) is 0 Å². The Bertz CT molecular complexity index is 488. The summed E-state index contributed by atoms with van der Waals surface area (Å²) >= 11 is 0. The molecular weight excluding hydrogens is 220 g/mol. The molecule has 1 aromatic heterocycles. The molecule has 0 aliphatic heterocycles.